The molecule has 0 saturated carbocycles. The second-order valence-electron chi connectivity index (χ2n) is 7.18. The molecule has 2 heterocycles. The third-order valence-electron chi connectivity index (χ3n) is 5.83. The molecule has 0 bridgehead atoms. The maximum atomic E-state index is 11.6. The van der Waals surface area contributed by atoms with Crippen LogP contribution in [0.25, 0.3) is 21.9 Å². The predicted octanol–water partition coefficient (Wildman–Crippen LogP) is 4.33. The Morgan fingerprint density at radius 3 is 2.55 bits per heavy atom. The standard InChI is InChI=1S/C23H21NO5/c1-24-17(8-9-25)21-14(6-7-18(26-2)23(21)27-3)15-5-4-13-10-19-20(29-12-28-19)11-16(13)22(15)24/h4-7,9-11,17H,8,12H2,1-3H3. The van der Waals surface area contributed by atoms with Gasteiger partial charge in [0, 0.05) is 30.0 Å². The van der Waals surface area contributed by atoms with Gasteiger partial charge in [0.2, 0.25) is 6.79 Å². The van der Waals surface area contributed by atoms with Crippen molar-refractivity contribution in [2.24, 2.45) is 0 Å². The summed E-state index contributed by atoms with van der Waals surface area (Å²) in [6.07, 6.45) is 1.29. The van der Waals surface area contributed by atoms with E-state index < -0.39 is 0 Å². The largest absolute Gasteiger partial charge is 0.493 e. The third-order valence-corrected chi connectivity index (χ3v) is 5.83. The number of anilines is 1. The summed E-state index contributed by atoms with van der Waals surface area (Å²) in [7, 11) is 5.27. The number of carbonyl (C=O) groups excluding carboxylic acids is 1. The van der Waals surface area contributed by atoms with Crippen LogP contribution in [0.1, 0.15) is 18.0 Å². The lowest BCUT2D eigenvalue weighted by molar-refractivity contribution is -0.108. The molecule has 2 aliphatic rings. The van der Waals surface area contributed by atoms with Crippen LogP contribution in [0.3, 0.4) is 0 Å². The highest BCUT2D eigenvalue weighted by molar-refractivity contribution is 6.05. The van der Waals surface area contributed by atoms with Gasteiger partial charge in [0.25, 0.3) is 0 Å². The number of methoxy groups -OCH3 is 2. The van der Waals surface area contributed by atoms with Crippen molar-refractivity contribution < 1.29 is 23.7 Å². The summed E-state index contributed by atoms with van der Waals surface area (Å²) in [5, 5.41) is 2.12. The minimum absolute atomic E-state index is 0.170. The predicted molar refractivity (Wildman–Crippen MR) is 110 cm³/mol. The molecule has 0 N–H and O–H groups in total. The van der Waals surface area contributed by atoms with Gasteiger partial charge in [0.1, 0.15) is 6.29 Å². The molecular formula is C23H21NO5. The SMILES string of the molecule is COc1ccc2c(c1OC)C(CC=O)N(C)c1c-2ccc2cc3c(cc12)OCO3. The van der Waals surface area contributed by atoms with Crippen LogP contribution in [0.2, 0.25) is 0 Å². The molecule has 1 unspecified atom stereocenters. The molecule has 0 saturated heterocycles. The Kier molecular flexibility index (Phi) is 4.01. The van der Waals surface area contributed by atoms with Gasteiger partial charge in [-0.05, 0) is 35.2 Å². The minimum atomic E-state index is -0.170. The molecule has 2 aliphatic heterocycles. The first kappa shape index (κ1) is 17.7. The van der Waals surface area contributed by atoms with Gasteiger partial charge in [-0.25, -0.2) is 0 Å². The van der Waals surface area contributed by atoms with Crippen molar-refractivity contribution in [2.75, 3.05) is 33.0 Å². The number of rotatable bonds is 4. The van der Waals surface area contributed by atoms with Gasteiger partial charge in [-0.15, -0.1) is 0 Å². The van der Waals surface area contributed by atoms with Gasteiger partial charge < -0.3 is 28.6 Å². The number of carbonyl (C=O) groups is 1. The molecule has 0 radical (unpaired) electrons. The number of fused-ring (bicyclic) bond motifs is 6. The second-order valence-corrected chi connectivity index (χ2v) is 7.18. The molecule has 148 valence electrons. The maximum Gasteiger partial charge on any atom is 0.231 e. The molecule has 0 aromatic heterocycles. The zero-order valence-corrected chi connectivity index (χ0v) is 16.5. The van der Waals surface area contributed by atoms with Gasteiger partial charge in [-0.2, -0.15) is 0 Å². The highest BCUT2D eigenvalue weighted by atomic mass is 16.7. The first-order valence-corrected chi connectivity index (χ1v) is 9.46. The fourth-order valence-electron chi connectivity index (χ4n) is 4.53. The lowest BCUT2D eigenvalue weighted by Gasteiger charge is -2.38. The average molecular weight is 391 g/mol. The smallest absolute Gasteiger partial charge is 0.231 e. The molecule has 29 heavy (non-hydrogen) atoms. The molecule has 5 rings (SSSR count). The zero-order valence-electron chi connectivity index (χ0n) is 16.5. The van der Waals surface area contributed by atoms with Crippen LogP contribution in [-0.2, 0) is 4.79 Å². The summed E-state index contributed by atoms with van der Waals surface area (Å²) in [5.74, 6) is 2.82. The Morgan fingerprint density at radius 2 is 1.83 bits per heavy atom. The van der Waals surface area contributed by atoms with E-state index in [1.54, 1.807) is 14.2 Å². The highest BCUT2D eigenvalue weighted by Crippen LogP contribution is 2.54. The van der Waals surface area contributed by atoms with E-state index >= 15 is 0 Å². The van der Waals surface area contributed by atoms with Gasteiger partial charge in [0.15, 0.2) is 23.0 Å². The molecule has 6 heteroatoms. The molecular weight excluding hydrogens is 370 g/mol. The van der Waals surface area contributed by atoms with Crippen molar-refractivity contribution >= 4 is 22.7 Å². The second kappa shape index (κ2) is 6.58. The van der Waals surface area contributed by atoms with Crippen LogP contribution < -0.4 is 23.8 Å². The zero-order chi connectivity index (χ0) is 20.1. The van der Waals surface area contributed by atoms with Crippen LogP contribution in [0, 0.1) is 0 Å². The average Bonchev–Trinajstić information content (AvgIpc) is 3.20. The number of aldehydes is 1. The first-order chi connectivity index (χ1) is 14.2. The number of nitrogens with zero attached hydrogens (tertiary/aromatic N) is 1. The van der Waals surface area contributed by atoms with E-state index in [0.29, 0.717) is 17.9 Å². The molecule has 0 fully saturated rings. The van der Waals surface area contributed by atoms with Crippen molar-refractivity contribution in [2.45, 2.75) is 12.5 Å². The lowest BCUT2D eigenvalue weighted by Crippen LogP contribution is -2.29. The van der Waals surface area contributed by atoms with Crippen molar-refractivity contribution in [1.82, 2.24) is 0 Å². The van der Waals surface area contributed by atoms with Gasteiger partial charge in [-0.1, -0.05) is 12.1 Å². The number of hydrogen-bond donors (Lipinski definition) is 0. The van der Waals surface area contributed by atoms with Crippen molar-refractivity contribution in [3.05, 3.63) is 42.0 Å². The Labute approximate surface area is 168 Å². The topological polar surface area (TPSA) is 57.2 Å². The maximum absolute atomic E-state index is 11.6. The summed E-state index contributed by atoms with van der Waals surface area (Å²) in [6.45, 7) is 0.233. The molecule has 6 nitrogen and oxygen atoms in total. The molecule has 0 aliphatic carbocycles. The van der Waals surface area contributed by atoms with Crippen molar-refractivity contribution in [3.63, 3.8) is 0 Å². The van der Waals surface area contributed by atoms with Crippen LogP contribution in [0.5, 0.6) is 23.0 Å². The Bertz CT molecular complexity index is 1140. The molecule has 3 aromatic rings. The van der Waals surface area contributed by atoms with Gasteiger partial charge in [-0.3, -0.25) is 0 Å². The summed E-state index contributed by atoms with van der Waals surface area (Å²) in [4.78, 5) is 13.7. The lowest BCUT2D eigenvalue weighted by atomic mass is 9.84. The van der Waals surface area contributed by atoms with Gasteiger partial charge in [0.05, 0.1) is 25.9 Å². The van der Waals surface area contributed by atoms with E-state index in [1.165, 1.54) is 0 Å². The van der Waals surface area contributed by atoms with E-state index in [2.05, 4.69) is 17.0 Å². The molecule has 0 spiro atoms. The van der Waals surface area contributed by atoms with E-state index in [-0.39, 0.29) is 12.8 Å². The molecule has 1 atom stereocenters. The molecule has 3 aromatic carbocycles. The highest BCUT2D eigenvalue weighted by Gasteiger charge is 2.34. The number of benzene rings is 3. The van der Waals surface area contributed by atoms with E-state index in [9.17, 15) is 4.79 Å². The minimum Gasteiger partial charge on any atom is -0.493 e. The first-order valence-electron chi connectivity index (χ1n) is 9.46. The summed E-state index contributed by atoms with van der Waals surface area (Å²) in [6, 6.07) is 12.0. The summed E-state index contributed by atoms with van der Waals surface area (Å²) >= 11 is 0. The summed E-state index contributed by atoms with van der Waals surface area (Å²) < 4.78 is 22.4. The number of ether oxygens (including phenoxy) is 4. The normalized spacial score (nSPS) is 16.4. The van der Waals surface area contributed by atoms with Crippen molar-refractivity contribution in [3.8, 4) is 34.1 Å². The van der Waals surface area contributed by atoms with Crippen LogP contribution >= 0.6 is 0 Å². The van der Waals surface area contributed by atoms with Crippen LogP contribution in [0.4, 0.5) is 5.69 Å². The fourth-order valence-corrected chi connectivity index (χ4v) is 4.53. The summed E-state index contributed by atoms with van der Waals surface area (Å²) in [5.41, 5.74) is 4.15. The quantitative estimate of drug-likeness (QED) is 0.617. The monoisotopic (exact) mass is 391 g/mol. The van der Waals surface area contributed by atoms with E-state index in [0.717, 1.165) is 50.9 Å². The Balaban J connectivity index is 1.84. The third kappa shape index (κ3) is 2.45. The van der Waals surface area contributed by atoms with Crippen LogP contribution in [-0.4, -0.2) is 34.3 Å². The van der Waals surface area contributed by atoms with E-state index in [1.807, 2.05) is 31.3 Å². The fraction of sp³-hybridized carbons (Fsp3) is 0.261. The van der Waals surface area contributed by atoms with Crippen molar-refractivity contribution in [1.29, 1.82) is 0 Å². The van der Waals surface area contributed by atoms with E-state index in [4.69, 9.17) is 18.9 Å². The molecule has 0 amide bonds. The Morgan fingerprint density at radius 1 is 1.07 bits per heavy atom. The van der Waals surface area contributed by atoms with Crippen LogP contribution in [0.15, 0.2) is 36.4 Å². The number of hydrogen-bond acceptors (Lipinski definition) is 6. The Hall–Kier alpha value is -3.41. The van der Waals surface area contributed by atoms with Gasteiger partial charge >= 0.3 is 0 Å².